The number of rotatable bonds is 7. The van der Waals surface area contributed by atoms with Gasteiger partial charge in [-0.15, -0.1) is 0 Å². The van der Waals surface area contributed by atoms with Gasteiger partial charge in [0.25, 0.3) is 0 Å². The summed E-state index contributed by atoms with van der Waals surface area (Å²) in [6.45, 7) is 2.92. The average Bonchev–Trinajstić information content (AvgIpc) is 2.58. The van der Waals surface area contributed by atoms with E-state index in [-0.39, 0.29) is 12.6 Å². The maximum absolute atomic E-state index is 12.5. The summed E-state index contributed by atoms with van der Waals surface area (Å²) in [7, 11) is 2.12. The molecule has 6 heteroatoms. The minimum absolute atomic E-state index is 0.0683. The Kier molecular flexibility index (Phi) is 7.29. The smallest absolute Gasteiger partial charge is 0.317 e. The third-order valence-electron chi connectivity index (χ3n) is 4.38. The second-order valence-corrected chi connectivity index (χ2v) is 6.18. The number of piperidine rings is 1. The molecule has 2 rings (SSSR count). The molecule has 1 aromatic rings. The number of likely N-dealkylation sites (N-methyl/N-ethyl adjacent to an activating group) is 1. The first kappa shape index (κ1) is 17.7. The molecule has 2 amide bonds. The lowest BCUT2D eigenvalue weighted by molar-refractivity contribution is 0.164. The third kappa shape index (κ3) is 5.80. The fourth-order valence-electron chi connectivity index (χ4n) is 2.94. The highest BCUT2D eigenvalue weighted by molar-refractivity contribution is 5.74. The Labute approximate surface area is 138 Å². The molecule has 1 aliphatic rings. The molecular weight excluding hydrogens is 292 g/mol. The lowest BCUT2D eigenvalue weighted by atomic mass is 10.0. The van der Waals surface area contributed by atoms with Crippen LogP contribution in [0, 0.1) is 0 Å². The zero-order chi connectivity index (χ0) is 16.5. The molecule has 1 saturated heterocycles. The molecule has 0 bridgehead atoms. The van der Waals surface area contributed by atoms with Crippen LogP contribution in [0.2, 0.25) is 0 Å². The SMILES string of the molecule is CN1CCCCC1CNC(=O)N(CCCO)Cc1cccnc1. The summed E-state index contributed by atoms with van der Waals surface area (Å²) >= 11 is 0. The molecule has 2 N–H and O–H groups in total. The molecule has 0 saturated carbocycles. The van der Waals surface area contributed by atoms with Crippen LogP contribution in [0.15, 0.2) is 24.5 Å². The summed E-state index contributed by atoms with van der Waals surface area (Å²) in [4.78, 5) is 20.7. The van der Waals surface area contributed by atoms with E-state index in [9.17, 15) is 4.79 Å². The summed E-state index contributed by atoms with van der Waals surface area (Å²) in [5.41, 5.74) is 0.996. The number of aliphatic hydroxyl groups is 1. The number of carbonyl (C=O) groups is 1. The van der Waals surface area contributed by atoms with Crippen molar-refractivity contribution in [3.63, 3.8) is 0 Å². The van der Waals surface area contributed by atoms with Gasteiger partial charge in [-0.1, -0.05) is 12.5 Å². The van der Waals surface area contributed by atoms with Crippen molar-refractivity contribution in [2.24, 2.45) is 0 Å². The van der Waals surface area contributed by atoms with Gasteiger partial charge in [0.1, 0.15) is 0 Å². The van der Waals surface area contributed by atoms with Gasteiger partial charge < -0.3 is 20.2 Å². The summed E-state index contributed by atoms with van der Waals surface area (Å²) in [6.07, 6.45) is 7.68. The topological polar surface area (TPSA) is 68.7 Å². The van der Waals surface area contributed by atoms with Gasteiger partial charge in [-0.05, 0) is 44.5 Å². The quantitative estimate of drug-likeness (QED) is 0.798. The average molecular weight is 320 g/mol. The van der Waals surface area contributed by atoms with Gasteiger partial charge in [-0.25, -0.2) is 4.79 Å². The predicted octanol–water partition coefficient (Wildman–Crippen LogP) is 1.46. The normalized spacial score (nSPS) is 18.6. The number of likely N-dealkylation sites (tertiary alicyclic amines) is 1. The van der Waals surface area contributed by atoms with E-state index in [4.69, 9.17) is 5.11 Å². The van der Waals surface area contributed by atoms with Crippen LogP contribution >= 0.6 is 0 Å². The lowest BCUT2D eigenvalue weighted by Crippen LogP contribution is -2.48. The fraction of sp³-hybridized carbons (Fsp3) is 0.647. The van der Waals surface area contributed by atoms with Crippen molar-refractivity contribution in [1.29, 1.82) is 0 Å². The van der Waals surface area contributed by atoms with Crippen LogP contribution in [0.3, 0.4) is 0 Å². The van der Waals surface area contributed by atoms with Crippen LogP contribution in [-0.2, 0) is 6.54 Å². The van der Waals surface area contributed by atoms with E-state index in [0.29, 0.717) is 32.1 Å². The summed E-state index contributed by atoms with van der Waals surface area (Å²) in [6, 6.07) is 4.18. The maximum Gasteiger partial charge on any atom is 0.317 e. The number of urea groups is 1. The van der Waals surface area contributed by atoms with Gasteiger partial charge in [-0.3, -0.25) is 4.98 Å². The van der Waals surface area contributed by atoms with Gasteiger partial charge in [-0.2, -0.15) is 0 Å². The first-order valence-electron chi connectivity index (χ1n) is 8.43. The Morgan fingerprint density at radius 2 is 2.39 bits per heavy atom. The molecule has 0 aromatic carbocycles. The predicted molar refractivity (Wildman–Crippen MR) is 90.0 cm³/mol. The van der Waals surface area contributed by atoms with Crippen molar-refractivity contribution in [2.75, 3.05) is 33.3 Å². The molecule has 0 radical (unpaired) electrons. The maximum atomic E-state index is 12.5. The number of carbonyl (C=O) groups excluding carboxylic acids is 1. The second kappa shape index (κ2) is 9.47. The van der Waals surface area contributed by atoms with Crippen molar-refractivity contribution >= 4 is 6.03 Å². The highest BCUT2D eigenvalue weighted by Gasteiger charge is 2.21. The van der Waals surface area contributed by atoms with Crippen LogP contribution in [0.25, 0.3) is 0 Å². The van der Waals surface area contributed by atoms with Gasteiger partial charge in [0.05, 0.1) is 0 Å². The number of hydrogen-bond donors (Lipinski definition) is 2. The zero-order valence-corrected chi connectivity index (χ0v) is 13.9. The molecule has 1 fully saturated rings. The molecule has 1 atom stereocenters. The van der Waals surface area contributed by atoms with E-state index < -0.39 is 0 Å². The van der Waals surface area contributed by atoms with E-state index in [0.717, 1.165) is 18.5 Å². The van der Waals surface area contributed by atoms with E-state index in [1.54, 1.807) is 17.3 Å². The van der Waals surface area contributed by atoms with E-state index in [1.165, 1.54) is 12.8 Å². The zero-order valence-electron chi connectivity index (χ0n) is 13.9. The molecule has 0 spiro atoms. The highest BCUT2D eigenvalue weighted by atomic mass is 16.3. The number of nitrogens with zero attached hydrogens (tertiary/aromatic N) is 3. The molecule has 1 aliphatic heterocycles. The molecule has 128 valence electrons. The lowest BCUT2D eigenvalue weighted by Gasteiger charge is -2.33. The third-order valence-corrected chi connectivity index (χ3v) is 4.38. The molecule has 2 heterocycles. The van der Waals surface area contributed by atoms with Crippen LogP contribution in [0.5, 0.6) is 0 Å². The number of aliphatic hydroxyl groups excluding tert-OH is 1. The molecule has 0 aliphatic carbocycles. The van der Waals surface area contributed by atoms with Gasteiger partial charge >= 0.3 is 6.03 Å². The molecule has 6 nitrogen and oxygen atoms in total. The number of hydrogen-bond acceptors (Lipinski definition) is 4. The number of pyridine rings is 1. The first-order valence-corrected chi connectivity index (χ1v) is 8.43. The van der Waals surface area contributed by atoms with Crippen molar-refractivity contribution < 1.29 is 9.90 Å². The van der Waals surface area contributed by atoms with Crippen molar-refractivity contribution in [2.45, 2.75) is 38.3 Å². The van der Waals surface area contributed by atoms with Crippen molar-refractivity contribution in [1.82, 2.24) is 20.1 Å². The Morgan fingerprint density at radius 3 is 3.09 bits per heavy atom. The van der Waals surface area contributed by atoms with Crippen molar-refractivity contribution in [3.8, 4) is 0 Å². The van der Waals surface area contributed by atoms with Crippen LogP contribution in [0.1, 0.15) is 31.2 Å². The van der Waals surface area contributed by atoms with E-state index in [1.807, 2.05) is 12.1 Å². The highest BCUT2D eigenvalue weighted by Crippen LogP contribution is 2.14. The standard InChI is InChI=1S/C17H28N4O2/c1-20-9-3-2-7-16(20)13-19-17(23)21(10-5-11-22)14-15-6-4-8-18-12-15/h4,6,8,12,16,22H,2-3,5,7,9-11,13-14H2,1H3,(H,19,23). The second-order valence-electron chi connectivity index (χ2n) is 6.18. The van der Waals surface area contributed by atoms with Gasteiger partial charge in [0, 0.05) is 44.7 Å². The summed E-state index contributed by atoms with van der Waals surface area (Å²) in [5.74, 6) is 0. The Balaban J connectivity index is 1.87. The van der Waals surface area contributed by atoms with Gasteiger partial charge in [0.2, 0.25) is 0 Å². The molecule has 23 heavy (non-hydrogen) atoms. The Hall–Kier alpha value is -1.66. The fourth-order valence-corrected chi connectivity index (χ4v) is 2.94. The van der Waals surface area contributed by atoms with E-state index >= 15 is 0 Å². The van der Waals surface area contributed by atoms with Crippen LogP contribution in [-0.4, -0.2) is 65.3 Å². The summed E-state index contributed by atoms with van der Waals surface area (Å²) < 4.78 is 0. The monoisotopic (exact) mass is 320 g/mol. The number of aromatic nitrogens is 1. The molecule has 1 aromatic heterocycles. The number of nitrogens with one attached hydrogen (secondary N) is 1. The van der Waals surface area contributed by atoms with Crippen LogP contribution in [0.4, 0.5) is 4.79 Å². The Morgan fingerprint density at radius 1 is 1.52 bits per heavy atom. The minimum Gasteiger partial charge on any atom is -0.396 e. The van der Waals surface area contributed by atoms with Gasteiger partial charge in [0.15, 0.2) is 0 Å². The minimum atomic E-state index is -0.0683. The van der Waals surface area contributed by atoms with Crippen molar-refractivity contribution in [3.05, 3.63) is 30.1 Å². The summed E-state index contributed by atoms with van der Waals surface area (Å²) in [5, 5.41) is 12.1. The largest absolute Gasteiger partial charge is 0.396 e. The Bertz CT molecular complexity index is 469. The van der Waals surface area contributed by atoms with E-state index in [2.05, 4.69) is 22.2 Å². The molecule has 1 unspecified atom stereocenters. The van der Waals surface area contributed by atoms with Crippen LogP contribution < -0.4 is 5.32 Å². The number of amides is 2. The first-order chi connectivity index (χ1) is 11.2. The molecular formula is C17H28N4O2.